The van der Waals surface area contributed by atoms with Crippen LogP contribution in [0, 0.1) is 0 Å². The average Bonchev–Trinajstić information content (AvgIpc) is 1.38. The Labute approximate surface area is 44.4 Å². The summed E-state index contributed by atoms with van der Waals surface area (Å²) >= 11 is 0.439. The van der Waals surface area contributed by atoms with Crippen molar-refractivity contribution in [3.63, 3.8) is 0 Å². The van der Waals surface area contributed by atoms with Crippen LogP contribution in [-0.2, 0) is 2.81 Å². The van der Waals surface area contributed by atoms with E-state index in [9.17, 15) is 4.79 Å². The Morgan fingerprint density at radius 1 is 2.00 bits per heavy atom. The van der Waals surface area contributed by atoms with Crippen molar-refractivity contribution in [3.8, 4) is 0 Å². The topological polar surface area (TPSA) is 46.5 Å². The van der Waals surface area contributed by atoms with Crippen LogP contribution in [0.5, 0.6) is 0 Å². The van der Waals surface area contributed by atoms with Crippen molar-refractivity contribution in [3.05, 3.63) is 0 Å². The van der Waals surface area contributed by atoms with E-state index in [-0.39, 0.29) is 0 Å². The van der Waals surface area contributed by atoms with Crippen LogP contribution in [0.4, 0.5) is 4.79 Å². The molecule has 0 rings (SSSR count). The zero-order valence-electron chi connectivity index (χ0n) is 2.21. The third-order valence-corrected chi connectivity index (χ3v) is 0.685. The zero-order chi connectivity index (χ0) is 4.28. The summed E-state index contributed by atoms with van der Waals surface area (Å²) in [4.78, 5) is 9.17. The van der Waals surface area contributed by atoms with E-state index < -0.39 is 6.16 Å². The molecular formula is CHBiO3. The quantitative estimate of drug-likeness (QED) is 0.618. The van der Waals surface area contributed by atoms with Crippen molar-refractivity contribution < 1.29 is 12.7 Å². The van der Waals surface area contributed by atoms with Crippen LogP contribution in [0.25, 0.3) is 0 Å². The van der Waals surface area contributed by atoms with Gasteiger partial charge in [-0.15, -0.1) is 0 Å². The molecule has 0 saturated carbocycles. The molecule has 0 saturated heterocycles. The molecule has 0 aromatic rings. The molecule has 0 aliphatic rings. The molecule has 0 bridgehead atoms. The van der Waals surface area contributed by atoms with Gasteiger partial charge in [0.1, 0.15) is 0 Å². The Morgan fingerprint density at radius 2 is 2.20 bits per heavy atom. The number of carboxylic acid groups (broad SMARTS) is 1. The first-order valence-electron chi connectivity index (χ1n) is 0.814. The van der Waals surface area contributed by atoms with Crippen LogP contribution in [0.2, 0.25) is 0 Å². The predicted molar refractivity (Wildman–Crippen MR) is 14.9 cm³/mol. The van der Waals surface area contributed by atoms with Crippen LogP contribution >= 0.6 is 0 Å². The third-order valence-electron chi connectivity index (χ3n) is 0.0781. The SMILES string of the molecule is O=C(O)[O][Bi]. The second kappa shape index (κ2) is 2.39. The van der Waals surface area contributed by atoms with Crippen LogP contribution in [0.1, 0.15) is 0 Å². The Bertz CT molecular complexity index is 42.2. The standard InChI is InChI=1S/CH2O3.Bi/c2-1(3)4;/h(H2,2,3,4);/q;+1/p-1. The fourth-order valence-electron chi connectivity index (χ4n) is 0. The molecule has 4 heteroatoms. The Morgan fingerprint density at radius 3 is 2.20 bits per heavy atom. The van der Waals surface area contributed by atoms with Crippen molar-refractivity contribution in [2.45, 2.75) is 0 Å². The van der Waals surface area contributed by atoms with Gasteiger partial charge in [0.15, 0.2) is 0 Å². The molecule has 0 heterocycles. The first kappa shape index (κ1) is 5.15. The Kier molecular flexibility index (Phi) is 2.47. The van der Waals surface area contributed by atoms with Crippen molar-refractivity contribution in [2.75, 3.05) is 0 Å². The van der Waals surface area contributed by atoms with Gasteiger partial charge in [0.25, 0.3) is 0 Å². The second-order valence-corrected chi connectivity index (χ2v) is 1.07. The first-order valence-corrected chi connectivity index (χ1v) is 2.23. The van der Waals surface area contributed by atoms with E-state index in [0.29, 0.717) is 25.2 Å². The molecule has 0 fully saturated rings. The monoisotopic (exact) mass is 270 g/mol. The Hall–Kier alpha value is 0.153. The normalized spacial score (nSPS) is 6.60. The molecule has 3 nitrogen and oxygen atoms in total. The van der Waals surface area contributed by atoms with Crippen LogP contribution in [0.15, 0.2) is 0 Å². The van der Waals surface area contributed by atoms with Crippen LogP contribution in [-0.4, -0.2) is 36.4 Å². The number of rotatable bonds is 0. The van der Waals surface area contributed by atoms with E-state index in [1.165, 1.54) is 0 Å². The molecule has 0 atom stereocenters. The maximum atomic E-state index is 9.17. The van der Waals surface area contributed by atoms with Gasteiger partial charge in [-0.1, -0.05) is 0 Å². The van der Waals surface area contributed by atoms with Crippen LogP contribution in [0.3, 0.4) is 0 Å². The van der Waals surface area contributed by atoms with E-state index in [0.717, 1.165) is 0 Å². The molecule has 0 unspecified atom stereocenters. The summed E-state index contributed by atoms with van der Waals surface area (Å²) in [5.41, 5.74) is 0. The summed E-state index contributed by atoms with van der Waals surface area (Å²) in [6.07, 6.45) is -1.20. The van der Waals surface area contributed by atoms with Gasteiger partial charge in [-0.3, -0.25) is 0 Å². The fourth-order valence-corrected chi connectivity index (χ4v) is 0. The van der Waals surface area contributed by atoms with Gasteiger partial charge in [0.05, 0.1) is 0 Å². The van der Waals surface area contributed by atoms with Gasteiger partial charge < -0.3 is 0 Å². The fraction of sp³-hybridized carbons (Fsp3) is 0. The number of carbonyl (C=O) groups is 1. The molecule has 0 aromatic carbocycles. The molecule has 0 aliphatic heterocycles. The van der Waals surface area contributed by atoms with E-state index in [4.69, 9.17) is 5.11 Å². The molecule has 1 N–H and O–H groups in total. The van der Waals surface area contributed by atoms with E-state index in [2.05, 4.69) is 2.81 Å². The van der Waals surface area contributed by atoms with Crippen molar-refractivity contribution in [1.29, 1.82) is 0 Å². The van der Waals surface area contributed by atoms with Gasteiger partial charge in [-0.2, -0.15) is 0 Å². The summed E-state index contributed by atoms with van der Waals surface area (Å²) in [5, 5.41) is 7.53. The maximum absolute atomic E-state index is 9.17. The number of hydrogen-bond donors (Lipinski definition) is 1. The van der Waals surface area contributed by atoms with E-state index in [1.54, 1.807) is 0 Å². The minimum absolute atomic E-state index is 0.439. The van der Waals surface area contributed by atoms with E-state index >= 15 is 0 Å². The van der Waals surface area contributed by atoms with Gasteiger partial charge in [0, 0.05) is 0 Å². The van der Waals surface area contributed by atoms with Crippen molar-refractivity contribution in [2.24, 2.45) is 0 Å². The van der Waals surface area contributed by atoms with Crippen LogP contribution < -0.4 is 0 Å². The summed E-state index contributed by atoms with van der Waals surface area (Å²) in [7, 11) is 0. The molecule has 28 valence electrons. The van der Waals surface area contributed by atoms with Crippen molar-refractivity contribution in [1.82, 2.24) is 0 Å². The molecule has 0 aromatic heterocycles. The zero-order valence-corrected chi connectivity index (χ0v) is 5.69. The molecule has 0 spiro atoms. The molecule has 5 heavy (non-hydrogen) atoms. The molecule has 0 amide bonds. The molecule has 2 radical (unpaired) electrons. The van der Waals surface area contributed by atoms with Gasteiger partial charge in [-0.05, 0) is 0 Å². The van der Waals surface area contributed by atoms with Gasteiger partial charge in [-0.25, -0.2) is 0 Å². The van der Waals surface area contributed by atoms with E-state index in [1.807, 2.05) is 0 Å². The second-order valence-electron chi connectivity index (χ2n) is 0.357. The summed E-state index contributed by atoms with van der Waals surface area (Å²) in [6.45, 7) is 0. The first-order chi connectivity index (χ1) is 2.27. The summed E-state index contributed by atoms with van der Waals surface area (Å²) < 4.78 is 3.78. The number of hydrogen-bond acceptors (Lipinski definition) is 2. The molecule has 0 aliphatic carbocycles. The predicted octanol–water partition coefficient (Wildman–Crippen LogP) is -0.236. The third kappa shape index (κ3) is 4.15. The Balaban J connectivity index is 2.85. The average molecular weight is 270 g/mol. The van der Waals surface area contributed by atoms with Gasteiger partial charge >= 0.3 is 44.0 Å². The summed E-state index contributed by atoms with van der Waals surface area (Å²) in [6, 6.07) is 0. The summed E-state index contributed by atoms with van der Waals surface area (Å²) in [5.74, 6) is 0. The van der Waals surface area contributed by atoms with Crippen molar-refractivity contribution >= 4 is 31.3 Å². The molecular weight excluding hydrogens is 269 g/mol. The van der Waals surface area contributed by atoms with Gasteiger partial charge in [0.2, 0.25) is 0 Å². The minimum atomic E-state index is -1.20.